The van der Waals surface area contributed by atoms with E-state index in [2.05, 4.69) is 30.1 Å². The molecule has 0 aliphatic carbocycles. The first-order valence-corrected chi connectivity index (χ1v) is 9.44. The Hall–Kier alpha value is -3.73. The van der Waals surface area contributed by atoms with Crippen molar-refractivity contribution >= 4 is 33.9 Å². The van der Waals surface area contributed by atoms with Crippen LogP contribution in [0.1, 0.15) is 21.9 Å². The van der Waals surface area contributed by atoms with Gasteiger partial charge in [-0.3, -0.25) is 4.79 Å². The fourth-order valence-electron chi connectivity index (χ4n) is 2.61. The molecule has 0 saturated heterocycles. The molecule has 0 radical (unpaired) electrons. The van der Waals surface area contributed by atoms with Gasteiger partial charge < -0.3 is 15.2 Å². The van der Waals surface area contributed by atoms with Crippen molar-refractivity contribution in [1.29, 1.82) is 0 Å². The second-order valence-electron chi connectivity index (χ2n) is 6.26. The van der Waals surface area contributed by atoms with Gasteiger partial charge in [0, 0.05) is 18.0 Å². The van der Waals surface area contributed by atoms with Crippen molar-refractivity contribution in [1.82, 2.24) is 19.5 Å². The van der Waals surface area contributed by atoms with E-state index in [1.807, 2.05) is 0 Å². The van der Waals surface area contributed by atoms with Crippen LogP contribution in [0.3, 0.4) is 0 Å². The van der Waals surface area contributed by atoms with Crippen molar-refractivity contribution in [3.05, 3.63) is 65.2 Å². The van der Waals surface area contributed by atoms with E-state index >= 15 is 0 Å². The van der Waals surface area contributed by atoms with E-state index in [0.717, 1.165) is 23.7 Å². The molecule has 0 saturated carbocycles. The van der Waals surface area contributed by atoms with Gasteiger partial charge in [-0.2, -0.15) is 9.36 Å². The summed E-state index contributed by atoms with van der Waals surface area (Å²) in [4.78, 5) is 21.1. The summed E-state index contributed by atoms with van der Waals surface area (Å²) in [5.41, 5.74) is 1.55. The number of pyridine rings is 1. The number of hydrogen-bond acceptors (Lipinski definition) is 8. The predicted octanol–water partition coefficient (Wildman–Crippen LogP) is 4.48. The summed E-state index contributed by atoms with van der Waals surface area (Å²) in [5.74, 6) is -1.20. The molecule has 152 valence electrons. The molecule has 4 aromatic rings. The number of aryl methyl sites for hydroxylation is 2. The standard InChI is InChI=1S/C19H14F2N6O2S/c1-9-16(17(28)24-12-4-5-13(20)14(21)7-12)19(30-27-9)25-15-6-3-11(8-22-15)18-23-10(2)26-29-18/h3-8H,1-2H3,(H,22,25)(H,24,28). The maximum Gasteiger partial charge on any atom is 0.260 e. The zero-order valence-electron chi connectivity index (χ0n) is 15.7. The Kier molecular flexibility index (Phi) is 5.19. The van der Waals surface area contributed by atoms with Gasteiger partial charge >= 0.3 is 0 Å². The molecule has 3 heterocycles. The lowest BCUT2D eigenvalue weighted by molar-refractivity contribution is 0.102. The number of carbonyl (C=O) groups is 1. The number of aromatic nitrogens is 4. The summed E-state index contributed by atoms with van der Waals surface area (Å²) in [6, 6.07) is 6.57. The van der Waals surface area contributed by atoms with E-state index in [0.29, 0.717) is 33.8 Å². The first-order chi connectivity index (χ1) is 14.4. The summed E-state index contributed by atoms with van der Waals surface area (Å²) in [5, 5.41) is 9.79. The first-order valence-electron chi connectivity index (χ1n) is 8.67. The summed E-state index contributed by atoms with van der Waals surface area (Å²) in [7, 11) is 0. The Bertz CT molecular complexity index is 1220. The van der Waals surface area contributed by atoms with Gasteiger partial charge in [-0.05, 0) is 49.6 Å². The zero-order chi connectivity index (χ0) is 21.3. The summed E-state index contributed by atoms with van der Waals surface area (Å²) in [6.07, 6.45) is 1.56. The van der Waals surface area contributed by atoms with Gasteiger partial charge in [-0.15, -0.1) is 0 Å². The molecular formula is C19H14F2N6O2S. The highest BCUT2D eigenvalue weighted by atomic mass is 32.1. The minimum atomic E-state index is -1.05. The van der Waals surface area contributed by atoms with Crippen LogP contribution in [0.25, 0.3) is 11.5 Å². The van der Waals surface area contributed by atoms with Crippen molar-refractivity contribution in [2.75, 3.05) is 10.6 Å². The van der Waals surface area contributed by atoms with Crippen LogP contribution < -0.4 is 10.6 Å². The average Bonchev–Trinajstić information content (AvgIpc) is 3.31. The van der Waals surface area contributed by atoms with Crippen LogP contribution in [0, 0.1) is 25.5 Å². The average molecular weight is 428 g/mol. The summed E-state index contributed by atoms with van der Waals surface area (Å²) >= 11 is 1.08. The van der Waals surface area contributed by atoms with Gasteiger partial charge in [0.05, 0.1) is 16.8 Å². The second-order valence-corrected chi connectivity index (χ2v) is 7.03. The minimum absolute atomic E-state index is 0.132. The molecule has 0 bridgehead atoms. The predicted molar refractivity (Wildman–Crippen MR) is 107 cm³/mol. The number of benzene rings is 1. The van der Waals surface area contributed by atoms with Crippen molar-refractivity contribution in [3.8, 4) is 11.5 Å². The van der Waals surface area contributed by atoms with Crippen LogP contribution in [0.15, 0.2) is 41.1 Å². The Labute approximate surface area is 173 Å². The number of nitrogens with zero attached hydrogens (tertiary/aromatic N) is 4. The molecule has 0 aliphatic rings. The lowest BCUT2D eigenvalue weighted by Gasteiger charge is -2.08. The molecule has 1 aromatic carbocycles. The van der Waals surface area contributed by atoms with Gasteiger partial charge in [-0.1, -0.05) is 5.16 Å². The van der Waals surface area contributed by atoms with Crippen LogP contribution >= 0.6 is 11.5 Å². The normalized spacial score (nSPS) is 10.8. The molecular weight excluding hydrogens is 414 g/mol. The molecule has 0 unspecified atom stereocenters. The first kappa shape index (κ1) is 19.6. The molecule has 2 N–H and O–H groups in total. The molecule has 3 aromatic heterocycles. The largest absolute Gasteiger partial charge is 0.334 e. The fraction of sp³-hybridized carbons (Fsp3) is 0.105. The van der Waals surface area contributed by atoms with Crippen LogP contribution in [-0.4, -0.2) is 25.4 Å². The number of carbonyl (C=O) groups excluding carboxylic acids is 1. The topological polar surface area (TPSA) is 106 Å². The fourth-order valence-corrected chi connectivity index (χ4v) is 3.42. The molecule has 0 atom stereocenters. The van der Waals surface area contributed by atoms with E-state index in [1.54, 1.807) is 32.2 Å². The van der Waals surface area contributed by atoms with E-state index in [1.165, 1.54) is 6.07 Å². The van der Waals surface area contributed by atoms with Crippen molar-refractivity contribution < 1.29 is 18.1 Å². The lowest BCUT2D eigenvalue weighted by atomic mass is 10.2. The number of rotatable bonds is 5. The third-order valence-electron chi connectivity index (χ3n) is 4.05. The molecule has 8 nitrogen and oxygen atoms in total. The molecule has 11 heteroatoms. The summed E-state index contributed by atoms with van der Waals surface area (Å²) in [6.45, 7) is 3.39. The molecule has 4 rings (SSSR count). The Morgan fingerprint density at radius 1 is 1.13 bits per heavy atom. The lowest BCUT2D eigenvalue weighted by Crippen LogP contribution is -2.14. The number of hydrogen-bond donors (Lipinski definition) is 2. The van der Waals surface area contributed by atoms with Gasteiger partial charge in [-0.25, -0.2) is 13.8 Å². The van der Waals surface area contributed by atoms with Gasteiger partial charge in [0.1, 0.15) is 10.8 Å². The highest BCUT2D eigenvalue weighted by molar-refractivity contribution is 7.10. The van der Waals surface area contributed by atoms with Gasteiger partial charge in [0.2, 0.25) is 0 Å². The number of amides is 1. The molecule has 0 fully saturated rings. The number of nitrogens with one attached hydrogen (secondary N) is 2. The minimum Gasteiger partial charge on any atom is -0.334 e. The maximum atomic E-state index is 13.4. The SMILES string of the molecule is Cc1noc(-c2ccc(Nc3snc(C)c3C(=O)Nc3ccc(F)c(F)c3)nc2)n1. The van der Waals surface area contributed by atoms with Crippen LogP contribution in [0.2, 0.25) is 0 Å². The Morgan fingerprint density at radius 3 is 2.63 bits per heavy atom. The Balaban J connectivity index is 1.53. The smallest absolute Gasteiger partial charge is 0.260 e. The van der Waals surface area contributed by atoms with E-state index in [-0.39, 0.29) is 11.3 Å². The van der Waals surface area contributed by atoms with Gasteiger partial charge in [0.15, 0.2) is 17.5 Å². The van der Waals surface area contributed by atoms with Crippen molar-refractivity contribution in [3.63, 3.8) is 0 Å². The summed E-state index contributed by atoms with van der Waals surface area (Å²) < 4.78 is 35.8. The van der Waals surface area contributed by atoms with Crippen LogP contribution in [0.5, 0.6) is 0 Å². The molecule has 1 amide bonds. The third-order valence-corrected chi connectivity index (χ3v) is 4.90. The maximum absolute atomic E-state index is 13.4. The van der Waals surface area contributed by atoms with E-state index in [4.69, 9.17) is 4.52 Å². The van der Waals surface area contributed by atoms with Crippen molar-refractivity contribution in [2.24, 2.45) is 0 Å². The second kappa shape index (κ2) is 7.95. The molecule has 30 heavy (non-hydrogen) atoms. The van der Waals surface area contributed by atoms with E-state index in [9.17, 15) is 13.6 Å². The highest BCUT2D eigenvalue weighted by Gasteiger charge is 2.20. The molecule has 0 spiro atoms. The van der Waals surface area contributed by atoms with Gasteiger partial charge in [0.25, 0.3) is 11.8 Å². The zero-order valence-corrected chi connectivity index (χ0v) is 16.6. The Morgan fingerprint density at radius 2 is 1.97 bits per heavy atom. The third kappa shape index (κ3) is 4.01. The monoisotopic (exact) mass is 428 g/mol. The van der Waals surface area contributed by atoms with Crippen LogP contribution in [0.4, 0.5) is 25.3 Å². The highest BCUT2D eigenvalue weighted by Crippen LogP contribution is 2.29. The van der Waals surface area contributed by atoms with Crippen LogP contribution in [-0.2, 0) is 0 Å². The molecule has 0 aliphatic heterocycles. The number of halogens is 2. The quantitative estimate of drug-likeness (QED) is 0.483. The number of anilines is 3. The van der Waals surface area contributed by atoms with E-state index < -0.39 is 17.5 Å². The van der Waals surface area contributed by atoms with Crippen molar-refractivity contribution in [2.45, 2.75) is 13.8 Å².